The quantitative estimate of drug-likeness (QED) is 0.847. The van der Waals surface area contributed by atoms with E-state index in [-0.39, 0.29) is 0 Å². The highest BCUT2D eigenvalue weighted by Gasteiger charge is 2.10. The Kier molecular flexibility index (Phi) is 5.28. The highest BCUT2D eigenvalue weighted by Crippen LogP contribution is 2.27. The maximum absolute atomic E-state index is 5.64. The van der Waals surface area contributed by atoms with Gasteiger partial charge in [0, 0.05) is 25.2 Å². The van der Waals surface area contributed by atoms with Crippen LogP contribution in [0.1, 0.15) is 25.2 Å². The molecule has 0 fully saturated rings. The minimum Gasteiger partial charge on any atom is -0.495 e. The Morgan fingerprint density at radius 2 is 2.05 bits per heavy atom. The molecule has 0 amide bonds. The molecule has 2 aromatic rings. The molecule has 0 atom stereocenters. The molecule has 0 aliphatic rings. The lowest BCUT2D eigenvalue weighted by Crippen LogP contribution is -2.21. The van der Waals surface area contributed by atoms with E-state index in [2.05, 4.69) is 30.1 Å². The topological polar surface area (TPSA) is 37.6 Å². The Morgan fingerprint density at radius 3 is 2.76 bits per heavy atom. The van der Waals surface area contributed by atoms with Gasteiger partial charge in [-0.05, 0) is 18.2 Å². The van der Waals surface area contributed by atoms with Gasteiger partial charge in [-0.25, -0.2) is 0 Å². The van der Waals surface area contributed by atoms with Gasteiger partial charge in [-0.2, -0.15) is 0 Å². The number of hydrogen-bond acceptors (Lipinski definition) is 4. The minimum absolute atomic E-state index is 0.472. The van der Waals surface area contributed by atoms with E-state index in [4.69, 9.17) is 9.15 Å². The smallest absolute Gasteiger partial charge is 0.142 e. The van der Waals surface area contributed by atoms with Gasteiger partial charge in [0.05, 0.1) is 25.6 Å². The molecule has 0 saturated heterocycles. The summed E-state index contributed by atoms with van der Waals surface area (Å²) in [5.74, 6) is 1.82. The fraction of sp³-hybridized carbons (Fsp3) is 0.412. The molecule has 0 aliphatic heterocycles. The maximum Gasteiger partial charge on any atom is 0.142 e. The lowest BCUT2D eigenvalue weighted by molar-refractivity contribution is 0.414. The molecule has 114 valence electrons. The van der Waals surface area contributed by atoms with E-state index in [1.54, 1.807) is 7.11 Å². The van der Waals surface area contributed by atoms with Crippen LogP contribution >= 0.6 is 0 Å². The Labute approximate surface area is 126 Å². The number of furan rings is 1. The van der Waals surface area contributed by atoms with E-state index in [9.17, 15) is 0 Å². The second kappa shape index (κ2) is 7.18. The van der Waals surface area contributed by atoms with Gasteiger partial charge >= 0.3 is 0 Å². The van der Waals surface area contributed by atoms with Gasteiger partial charge < -0.3 is 19.4 Å². The van der Waals surface area contributed by atoms with Crippen molar-refractivity contribution in [2.45, 2.75) is 33.0 Å². The zero-order chi connectivity index (χ0) is 15.2. The highest BCUT2D eigenvalue weighted by molar-refractivity contribution is 5.57. The van der Waals surface area contributed by atoms with Crippen LogP contribution in [0.4, 0.5) is 5.69 Å². The lowest BCUT2D eigenvalue weighted by atomic mass is 10.2. The first-order valence-corrected chi connectivity index (χ1v) is 7.24. The number of nitrogens with one attached hydrogen (secondary N) is 1. The number of hydrogen-bond donors (Lipinski definition) is 1. The van der Waals surface area contributed by atoms with E-state index in [0.717, 1.165) is 23.7 Å². The third-order valence-electron chi connectivity index (χ3n) is 3.31. The van der Waals surface area contributed by atoms with Gasteiger partial charge in [-0.3, -0.25) is 0 Å². The molecular formula is C17H24N2O2. The van der Waals surface area contributed by atoms with Crippen LogP contribution in [-0.2, 0) is 13.1 Å². The van der Waals surface area contributed by atoms with Gasteiger partial charge in [0.25, 0.3) is 0 Å². The number of benzene rings is 1. The summed E-state index contributed by atoms with van der Waals surface area (Å²) >= 11 is 0. The molecule has 0 aliphatic carbocycles. The first-order valence-electron chi connectivity index (χ1n) is 7.24. The Balaban J connectivity index is 2.01. The molecule has 1 aromatic carbocycles. The molecule has 4 nitrogen and oxygen atoms in total. The van der Waals surface area contributed by atoms with Crippen LogP contribution in [0.3, 0.4) is 0 Å². The average Bonchev–Trinajstić information content (AvgIpc) is 2.92. The zero-order valence-electron chi connectivity index (χ0n) is 13.2. The Bertz CT molecular complexity index is 563. The van der Waals surface area contributed by atoms with Crippen molar-refractivity contribution in [1.29, 1.82) is 0 Å². The molecule has 21 heavy (non-hydrogen) atoms. The third kappa shape index (κ3) is 4.26. The van der Waals surface area contributed by atoms with E-state index in [1.807, 2.05) is 37.6 Å². The van der Waals surface area contributed by atoms with E-state index in [1.165, 1.54) is 5.56 Å². The molecule has 0 unspecified atom stereocenters. The molecule has 0 spiro atoms. The van der Waals surface area contributed by atoms with Crippen molar-refractivity contribution in [3.05, 3.63) is 47.9 Å². The van der Waals surface area contributed by atoms with Crippen LogP contribution in [0.15, 0.2) is 41.0 Å². The van der Waals surface area contributed by atoms with Crippen molar-refractivity contribution >= 4 is 5.69 Å². The monoisotopic (exact) mass is 288 g/mol. The Hall–Kier alpha value is -1.94. The first-order chi connectivity index (χ1) is 10.1. The Morgan fingerprint density at radius 1 is 1.29 bits per heavy atom. The summed E-state index contributed by atoms with van der Waals surface area (Å²) < 4.78 is 11.0. The van der Waals surface area contributed by atoms with E-state index in [0.29, 0.717) is 12.6 Å². The summed E-state index contributed by atoms with van der Waals surface area (Å²) in [6, 6.07) is 10.6. The van der Waals surface area contributed by atoms with Crippen LogP contribution in [0.25, 0.3) is 0 Å². The first kappa shape index (κ1) is 15.4. The second-order valence-corrected chi connectivity index (χ2v) is 5.48. The van der Waals surface area contributed by atoms with Crippen LogP contribution in [0.5, 0.6) is 5.75 Å². The van der Waals surface area contributed by atoms with E-state index < -0.39 is 0 Å². The highest BCUT2D eigenvalue weighted by atomic mass is 16.5. The summed E-state index contributed by atoms with van der Waals surface area (Å²) in [4.78, 5) is 2.12. The van der Waals surface area contributed by atoms with Gasteiger partial charge in [-0.1, -0.05) is 26.0 Å². The normalized spacial score (nSPS) is 10.9. The van der Waals surface area contributed by atoms with Crippen molar-refractivity contribution in [1.82, 2.24) is 5.32 Å². The van der Waals surface area contributed by atoms with Crippen LogP contribution in [0, 0.1) is 0 Å². The van der Waals surface area contributed by atoms with Gasteiger partial charge in [0.15, 0.2) is 0 Å². The summed E-state index contributed by atoms with van der Waals surface area (Å²) in [5.41, 5.74) is 2.23. The third-order valence-corrected chi connectivity index (χ3v) is 3.31. The predicted molar refractivity (Wildman–Crippen MR) is 85.8 cm³/mol. The molecular weight excluding hydrogens is 264 g/mol. The van der Waals surface area contributed by atoms with Gasteiger partial charge in [0.2, 0.25) is 0 Å². The average molecular weight is 288 g/mol. The van der Waals surface area contributed by atoms with Crippen molar-refractivity contribution in [3.63, 3.8) is 0 Å². The number of para-hydroxylation sites is 2. The number of methoxy groups -OCH3 is 1. The fourth-order valence-electron chi connectivity index (χ4n) is 2.19. The van der Waals surface area contributed by atoms with Gasteiger partial charge in [0.1, 0.15) is 11.5 Å². The molecule has 1 aromatic heterocycles. The number of nitrogens with zero attached hydrogens (tertiary/aromatic N) is 1. The van der Waals surface area contributed by atoms with Crippen molar-refractivity contribution in [2.75, 3.05) is 19.1 Å². The van der Waals surface area contributed by atoms with Crippen LogP contribution in [0.2, 0.25) is 0 Å². The molecule has 0 saturated carbocycles. The van der Waals surface area contributed by atoms with Gasteiger partial charge in [-0.15, -0.1) is 0 Å². The SMILES string of the molecule is COc1ccccc1N(C)Cc1cc(CNC(C)C)co1. The number of rotatable bonds is 7. The molecule has 2 rings (SSSR count). The summed E-state index contributed by atoms with van der Waals surface area (Å²) in [7, 11) is 3.72. The summed E-state index contributed by atoms with van der Waals surface area (Å²) in [6.45, 7) is 5.81. The summed E-state index contributed by atoms with van der Waals surface area (Å²) in [6.07, 6.45) is 1.82. The largest absolute Gasteiger partial charge is 0.495 e. The van der Waals surface area contributed by atoms with Crippen LogP contribution in [-0.4, -0.2) is 20.2 Å². The molecule has 0 bridgehead atoms. The fourth-order valence-corrected chi connectivity index (χ4v) is 2.19. The molecule has 1 N–H and O–H groups in total. The van der Waals surface area contributed by atoms with Crippen molar-refractivity contribution < 1.29 is 9.15 Å². The number of ether oxygens (including phenoxy) is 1. The minimum atomic E-state index is 0.472. The standard InChI is InChI=1S/C17H24N2O2/c1-13(2)18-10-14-9-15(21-12-14)11-19(3)16-7-5-6-8-17(16)20-4/h5-9,12-13,18H,10-11H2,1-4H3. The van der Waals surface area contributed by atoms with Crippen molar-refractivity contribution in [3.8, 4) is 5.75 Å². The second-order valence-electron chi connectivity index (χ2n) is 5.48. The molecule has 1 heterocycles. The van der Waals surface area contributed by atoms with Crippen molar-refractivity contribution in [2.24, 2.45) is 0 Å². The van der Waals surface area contributed by atoms with E-state index >= 15 is 0 Å². The zero-order valence-corrected chi connectivity index (χ0v) is 13.2. The summed E-state index contributed by atoms with van der Waals surface area (Å²) in [5, 5.41) is 3.38. The number of anilines is 1. The lowest BCUT2D eigenvalue weighted by Gasteiger charge is -2.20. The molecule has 0 radical (unpaired) electrons. The molecule has 4 heteroatoms. The maximum atomic E-state index is 5.64. The van der Waals surface area contributed by atoms with Crippen LogP contribution < -0.4 is 15.0 Å². The predicted octanol–water partition coefficient (Wildman–Crippen LogP) is 3.42.